The minimum Gasteiger partial charge on any atom is -0.351 e. The number of amides is 1. The SMILES string of the molecule is CCCCCNC(=O)c1n[nH]c2c1CCCC2. The van der Waals surface area contributed by atoms with Crippen molar-refractivity contribution in [3.63, 3.8) is 0 Å². The molecule has 0 saturated heterocycles. The van der Waals surface area contributed by atoms with E-state index in [2.05, 4.69) is 22.4 Å². The maximum atomic E-state index is 11.9. The first-order valence-electron chi connectivity index (χ1n) is 6.67. The summed E-state index contributed by atoms with van der Waals surface area (Å²) in [5, 5.41) is 10.1. The number of nitrogens with one attached hydrogen (secondary N) is 2. The Morgan fingerprint density at radius 1 is 1.35 bits per heavy atom. The summed E-state index contributed by atoms with van der Waals surface area (Å²) in [4.78, 5) is 11.9. The molecule has 1 heterocycles. The van der Waals surface area contributed by atoms with E-state index < -0.39 is 0 Å². The van der Waals surface area contributed by atoms with E-state index in [0.717, 1.165) is 37.1 Å². The van der Waals surface area contributed by atoms with E-state index in [1.165, 1.54) is 25.7 Å². The summed E-state index contributed by atoms with van der Waals surface area (Å²) in [6, 6.07) is 0. The van der Waals surface area contributed by atoms with E-state index in [0.29, 0.717) is 5.69 Å². The number of H-pyrrole nitrogens is 1. The molecule has 4 nitrogen and oxygen atoms in total. The van der Waals surface area contributed by atoms with E-state index in [4.69, 9.17) is 0 Å². The molecule has 1 aromatic heterocycles. The fraction of sp³-hybridized carbons (Fsp3) is 0.692. The van der Waals surface area contributed by atoms with Gasteiger partial charge in [0, 0.05) is 17.8 Å². The van der Waals surface area contributed by atoms with Gasteiger partial charge in [0.15, 0.2) is 5.69 Å². The van der Waals surface area contributed by atoms with Gasteiger partial charge in [-0.05, 0) is 32.1 Å². The van der Waals surface area contributed by atoms with Crippen LogP contribution in [-0.2, 0) is 12.8 Å². The molecule has 1 aliphatic rings. The highest BCUT2D eigenvalue weighted by atomic mass is 16.1. The molecule has 1 aliphatic carbocycles. The van der Waals surface area contributed by atoms with Crippen LogP contribution in [0.15, 0.2) is 0 Å². The van der Waals surface area contributed by atoms with Crippen LogP contribution in [0, 0.1) is 0 Å². The second-order valence-corrected chi connectivity index (χ2v) is 4.70. The number of hydrogen-bond acceptors (Lipinski definition) is 2. The topological polar surface area (TPSA) is 57.8 Å². The lowest BCUT2D eigenvalue weighted by molar-refractivity contribution is 0.0947. The first kappa shape index (κ1) is 12.1. The van der Waals surface area contributed by atoms with E-state index in [9.17, 15) is 4.79 Å². The lowest BCUT2D eigenvalue weighted by atomic mass is 9.96. The van der Waals surface area contributed by atoms with Crippen molar-refractivity contribution in [2.75, 3.05) is 6.54 Å². The van der Waals surface area contributed by atoms with Crippen molar-refractivity contribution in [2.24, 2.45) is 0 Å². The minimum absolute atomic E-state index is 0.0134. The zero-order chi connectivity index (χ0) is 12.1. The van der Waals surface area contributed by atoms with E-state index in [1.807, 2.05) is 0 Å². The number of hydrogen-bond donors (Lipinski definition) is 2. The van der Waals surface area contributed by atoms with Gasteiger partial charge in [-0.1, -0.05) is 19.8 Å². The number of aryl methyl sites for hydroxylation is 1. The molecule has 0 aliphatic heterocycles. The standard InChI is InChI=1S/C13H21N3O/c1-2-3-6-9-14-13(17)12-10-7-4-5-8-11(10)15-16-12/h2-9H2,1H3,(H,14,17)(H,15,16). The Labute approximate surface area is 102 Å². The number of nitrogens with zero attached hydrogens (tertiary/aromatic N) is 1. The van der Waals surface area contributed by atoms with Gasteiger partial charge in [0.25, 0.3) is 5.91 Å². The van der Waals surface area contributed by atoms with Gasteiger partial charge in [-0.3, -0.25) is 9.89 Å². The molecule has 0 bridgehead atoms. The molecule has 2 N–H and O–H groups in total. The highest BCUT2D eigenvalue weighted by Crippen LogP contribution is 2.21. The fourth-order valence-electron chi connectivity index (χ4n) is 2.33. The largest absolute Gasteiger partial charge is 0.351 e. The average Bonchev–Trinajstić information content (AvgIpc) is 2.78. The molecule has 0 unspecified atom stereocenters. The van der Waals surface area contributed by atoms with E-state index in [-0.39, 0.29) is 5.91 Å². The summed E-state index contributed by atoms with van der Waals surface area (Å²) in [7, 11) is 0. The lowest BCUT2D eigenvalue weighted by Gasteiger charge is -2.11. The van der Waals surface area contributed by atoms with Crippen molar-refractivity contribution in [1.29, 1.82) is 0 Å². The van der Waals surface area contributed by atoms with Crippen LogP contribution in [0.5, 0.6) is 0 Å². The number of rotatable bonds is 5. The molecule has 0 saturated carbocycles. The zero-order valence-corrected chi connectivity index (χ0v) is 10.5. The first-order chi connectivity index (χ1) is 8.33. The summed E-state index contributed by atoms with van der Waals surface area (Å²) in [5.41, 5.74) is 2.93. The van der Waals surface area contributed by atoms with Gasteiger partial charge in [0.1, 0.15) is 0 Å². The van der Waals surface area contributed by atoms with Crippen molar-refractivity contribution in [1.82, 2.24) is 15.5 Å². The molecule has 17 heavy (non-hydrogen) atoms. The predicted molar refractivity (Wildman–Crippen MR) is 67.1 cm³/mol. The smallest absolute Gasteiger partial charge is 0.272 e. The van der Waals surface area contributed by atoms with Crippen LogP contribution in [0.25, 0.3) is 0 Å². The third-order valence-electron chi connectivity index (χ3n) is 3.34. The van der Waals surface area contributed by atoms with Gasteiger partial charge >= 0.3 is 0 Å². The summed E-state index contributed by atoms with van der Waals surface area (Å²) in [6.45, 7) is 2.92. The van der Waals surface area contributed by atoms with Crippen LogP contribution < -0.4 is 5.32 Å². The van der Waals surface area contributed by atoms with Gasteiger partial charge < -0.3 is 5.32 Å². The van der Waals surface area contributed by atoms with Crippen LogP contribution in [0.3, 0.4) is 0 Å². The minimum atomic E-state index is -0.0134. The Hall–Kier alpha value is -1.32. The summed E-state index contributed by atoms with van der Waals surface area (Å²) < 4.78 is 0. The number of unbranched alkanes of at least 4 members (excludes halogenated alkanes) is 2. The monoisotopic (exact) mass is 235 g/mol. The van der Waals surface area contributed by atoms with Gasteiger partial charge in [0.2, 0.25) is 0 Å². The van der Waals surface area contributed by atoms with Crippen LogP contribution in [0.4, 0.5) is 0 Å². The maximum absolute atomic E-state index is 11.9. The number of aromatic nitrogens is 2. The molecule has 0 atom stereocenters. The Bertz CT molecular complexity index is 384. The Kier molecular flexibility index (Phi) is 4.18. The second kappa shape index (κ2) is 5.84. The lowest BCUT2D eigenvalue weighted by Crippen LogP contribution is -2.26. The Balaban J connectivity index is 1.92. The summed E-state index contributed by atoms with van der Waals surface area (Å²) in [5.74, 6) is -0.0134. The van der Waals surface area contributed by atoms with Gasteiger partial charge in [-0.15, -0.1) is 0 Å². The maximum Gasteiger partial charge on any atom is 0.272 e. The van der Waals surface area contributed by atoms with Crippen molar-refractivity contribution in [3.8, 4) is 0 Å². The summed E-state index contributed by atoms with van der Waals surface area (Å²) in [6.07, 6.45) is 7.78. The predicted octanol–water partition coefficient (Wildman–Crippen LogP) is 2.21. The molecular formula is C13H21N3O. The molecule has 1 aromatic rings. The quantitative estimate of drug-likeness (QED) is 0.769. The molecule has 0 aromatic carbocycles. The Morgan fingerprint density at radius 2 is 2.18 bits per heavy atom. The zero-order valence-electron chi connectivity index (χ0n) is 10.5. The fourth-order valence-corrected chi connectivity index (χ4v) is 2.33. The van der Waals surface area contributed by atoms with Crippen molar-refractivity contribution in [3.05, 3.63) is 17.0 Å². The van der Waals surface area contributed by atoms with Crippen molar-refractivity contribution >= 4 is 5.91 Å². The number of fused-ring (bicyclic) bond motifs is 1. The molecule has 0 spiro atoms. The molecular weight excluding hydrogens is 214 g/mol. The molecule has 1 amide bonds. The Morgan fingerprint density at radius 3 is 3.00 bits per heavy atom. The van der Waals surface area contributed by atoms with Crippen molar-refractivity contribution < 1.29 is 4.79 Å². The van der Waals surface area contributed by atoms with Gasteiger partial charge in [-0.2, -0.15) is 5.10 Å². The summed E-state index contributed by atoms with van der Waals surface area (Å²) >= 11 is 0. The molecule has 94 valence electrons. The molecule has 4 heteroatoms. The third-order valence-corrected chi connectivity index (χ3v) is 3.34. The number of aromatic amines is 1. The van der Waals surface area contributed by atoms with E-state index >= 15 is 0 Å². The molecule has 0 radical (unpaired) electrons. The number of carbonyl (C=O) groups excluding carboxylic acids is 1. The third kappa shape index (κ3) is 2.87. The van der Waals surface area contributed by atoms with Crippen LogP contribution in [0.2, 0.25) is 0 Å². The normalized spacial score (nSPS) is 14.4. The van der Waals surface area contributed by atoms with Crippen LogP contribution >= 0.6 is 0 Å². The average molecular weight is 235 g/mol. The number of carbonyl (C=O) groups is 1. The highest BCUT2D eigenvalue weighted by molar-refractivity contribution is 5.94. The van der Waals surface area contributed by atoms with Crippen LogP contribution in [-0.4, -0.2) is 22.6 Å². The van der Waals surface area contributed by atoms with Gasteiger partial charge in [0.05, 0.1) is 0 Å². The first-order valence-corrected chi connectivity index (χ1v) is 6.67. The molecule has 0 fully saturated rings. The van der Waals surface area contributed by atoms with Gasteiger partial charge in [-0.25, -0.2) is 0 Å². The van der Waals surface area contributed by atoms with Crippen LogP contribution in [0.1, 0.15) is 60.8 Å². The van der Waals surface area contributed by atoms with Crippen molar-refractivity contribution in [2.45, 2.75) is 51.9 Å². The second-order valence-electron chi connectivity index (χ2n) is 4.70. The molecule has 2 rings (SSSR count). The highest BCUT2D eigenvalue weighted by Gasteiger charge is 2.21. The van der Waals surface area contributed by atoms with E-state index in [1.54, 1.807) is 0 Å².